The number of hydrogen-bond acceptors (Lipinski definition) is 4. The van der Waals surface area contributed by atoms with Crippen LogP contribution in [0.4, 0.5) is 0 Å². The van der Waals surface area contributed by atoms with E-state index in [1.165, 1.54) is 12.8 Å². The third-order valence-corrected chi connectivity index (χ3v) is 7.70. The highest BCUT2D eigenvalue weighted by atomic mass is 32.2. The minimum Gasteiger partial charge on any atom is -0.349 e. The minimum absolute atomic E-state index is 0.0308. The molecule has 0 radical (unpaired) electrons. The van der Waals surface area contributed by atoms with Gasteiger partial charge in [-0.3, -0.25) is 14.2 Å². The van der Waals surface area contributed by atoms with Crippen LogP contribution in [0.15, 0.2) is 89.3 Å². The lowest BCUT2D eigenvalue weighted by Gasteiger charge is -2.14. The van der Waals surface area contributed by atoms with Gasteiger partial charge in [-0.2, -0.15) is 0 Å². The van der Waals surface area contributed by atoms with Gasteiger partial charge in [0.15, 0.2) is 5.16 Å². The van der Waals surface area contributed by atoms with Gasteiger partial charge in [-0.1, -0.05) is 85.8 Å². The van der Waals surface area contributed by atoms with Crippen molar-refractivity contribution in [3.8, 4) is 0 Å². The van der Waals surface area contributed by atoms with E-state index in [1.54, 1.807) is 16.3 Å². The summed E-state index contributed by atoms with van der Waals surface area (Å²) in [6.07, 6.45) is 6.29. The van der Waals surface area contributed by atoms with Gasteiger partial charge in [0.05, 0.1) is 17.4 Å². The van der Waals surface area contributed by atoms with E-state index in [4.69, 9.17) is 4.98 Å². The second kappa shape index (κ2) is 11.0. The Morgan fingerprint density at radius 3 is 2.42 bits per heavy atom. The van der Waals surface area contributed by atoms with E-state index >= 15 is 0 Å². The summed E-state index contributed by atoms with van der Waals surface area (Å²) >= 11 is 1.55. The number of carbonyl (C=O) groups is 1. The average molecular weight is 496 g/mol. The van der Waals surface area contributed by atoms with Gasteiger partial charge >= 0.3 is 0 Å². The Hall–Kier alpha value is -3.64. The molecule has 182 valence electrons. The number of para-hydroxylation sites is 1. The summed E-state index contributed by atoms with van der Waals surface area (Å²) in [5.41, 5.74) is 4.45. The minimum atomic E-state index is -0.0619. The number of benzene rings is 3. The molecule has 0 saturated heterocycles. The largest absolute Gasteiger partial charge is 0.349 e. The van der Waals surface area contributed by atoms with Crippen molar-refractivity contribution in [1.82, 2.24) is 14.9 Å². The third kappa shape index (κ3) is 5.44. The molecule has 1 aliphatic carbocycles. The number of aromatic nitrogens is 2. The second-order valence-electron chi connectivity index (χ2n) is 9.19. The Kier molecular flexibility index (Phi) is 7.33. The Morgan fingerprint density at radius 2 is 1.69 bits per heavy atom. The number of rotatable bonds is 8. The number of nitrogens with one attached hydrogen (secondary N) is 1. The van der Waals surface area contributed by atoms with Crippen LogP contribution in [0.3, 0.4) is 0 Å². The molecule has 1 N–H and O–H groups in total. The van der Waals surface area contributed by atoms with Crippen molar-refractivity contribution in [3.63, 3.8) is 0 Å². The van der Waals surface area contributed by atoms with E-state index in [9.17, 15) is 9.59 Å². The fourth-order valence-electron chi connectivity index (χ4n) is 4.58. The van der Waals surface area contributed by atoms with Gasteiger partial charge in [0, 0.05) is 17.4 Å². The summed E-state index contributed by atoms with van der Waals surface area (Å²) in [6.45, 7) is 4.19. The van der Waals surface area contributed by atoms with E-state index in [0.717, 1.165) is 29.5 Å². The summed E-state index contributed by atoms with van der Waals surface area (Å²) in [4.78, 5) is 30.9. The Balaban J connectivity index is 1.39. The van der Waals surface area contributed by atoms with Crippen molar-refractivity contribution < 1.29 is 4.79 Å². The third-order valence-electron chi connectivity index (χ3n) is 6.66. The summed E-state index contributed by atoms with van der Waals surface area (Å²) in [5, 5.41) is 4.41. The van der Waals surface area contributed by atoms with E-state index in [2.05, 4.69) is 24.0 Å². The Bertz CT molecular complexity index is 1440. The average Bonchev–Trinajstić information content (AvgIpc) is 3.43. The van der Waals surface area contributed by atoms with Crippen LogP contribution in [-0.2, 0) is 12.3 Å². The van der Waals surface area contributed by atoms with Crippen molar-refractivity contribution >= 4 is 34.6 Å². The zero-order valence-electron chi connectivity index (χ0n) is 20.2. The molecule has 0 unspecified atom stereocenters. The number of carbonyl (C=O) groups excluding carboxylic acids is 1. The molecule has 5 nitrogen and oxygen atoms in total. The van der Waals surface area contributed by atoms with E-state index in [1.807, 2.05) is 66.7 Å². The molecule has 0 bridgehead atoms. The maximum Gasteiger partial charge on any atom is 0.262 e. The van der Waals surface area contributed by atoms with Gasteiger partial charge in [0.1, 0.15) is 0 Å². The predicted octanol–water partition coefficient (Wildman–Crippen LogP) is 6.05. The van der Waals surface area contributed by atoms with E-state index in [0.29, 0.717) is 33.9 Å². The molecule has 1 aromatic heterocycles. The normalized spacial score (nSPS) is 13.7. The highest BCUT2D eigenvalue weighted by Gasteiger charge is 2.18. The van der Waals surface area contributed by atoms with Crippen molar-refractivity contribution in [2.24, 2.45) is 0 Å². The molecule has 1 aliphatic rings. The van der Waals surface area contributed by atoms with Gasteiger partial charge in [-0.25, -0.2) is 4.98 Å². The molecule has 0 spiro atoms. The zero-order valence-corrected chi connectivity index (χ0v) is 21.0. The van der Waals surface area contributed by atoms with Gasteiger partial charge in [-0.05, 0) is 53.8 Å². The molecule has 3 aromatic carbocycles. The van der Waals surface area contributed by atoms with Crippen LogP contribution in [0.25, 0.3) is 17.0 Å². The maximum atomic E-state index is 13.5. The molecule has 6 heteroatoms. The number of fused-ring (bicyclic) bond motifs is 1. The summed E-state index contributed by atoms with van der Waals surface area (Å²) in [5.74, 6) is 0.666. The van der Waals surface area contributed by atoms with Crippen LogP contribution in [0.2, 0.25) is 0 Å². The summed E-state index contributed by atoms with van der Waals surface area (Å²) < 4.78 is 1.73. The van der Waals surface area contributed by atoms with Crippen LogP contribution in [0, 0.1) is 0 Å². The molecule has 0 atom stereocenters. The lowest BCUT2D eigenvalue weighted by Crippen LogP contribution is -2.32. The van der Waals surface area contributed by atoms with Gasteiger partial charge in [-0.15, -0.1) is 0 Å². The predicted molar refractivity (Wildman–Crippen MR) is 147 cm³/mol. The van der Waals surface area contributed by atoms with Crippen molar-refractivity contribution in [1.29, 1.82) is 0 Å². The highest BCUT2D eigenvalue weighted by molar-refractivity contribution is 7.98. The molecular weight excluding hydrogens is 466 g/mol. The first-order chi connectivity index (χ1) is 17.6. The van der Waals surface area contributed by atoms with Crippen LogP contribution in [-0.4, -0.2) is 21.5 Å². The van der Waals surface area contributed by atoms with Crippen LogP contribution < -0.4 is 10.9 Å². The molecule has 0 aliphatic heterocycles. The number of amides is 1. The molecule has 5 rings (SSSR count). The van der Waals surface area contributed by atoms with Crippen molar-refractivity contribution in [2.45, 2.75) is 49.2 Å². The topological polar surface area (TPSA) is 64.0 Å². The van der Waals surface area contributed by atoms with Crippen molar-refractivity contribution in [3.05, 3.63) is 112 Å². The molecule has 36 heavy (non-hydrogen) atoms. The quantitative estimate of drug-likeness (QED) is 0.239. The standard InChI is InChI=1S/C30H29N3O2S/c1-2-21-11-13-23(14-12-21)20-36-30-32-27-10-6-5-9-26(27)29(35)33(30)19-22-15-17-24(18-16-22)28(34)31-25-7-3-4-8-25/h2,5-6,9-18,25H,1,3-4,7-8,19-20H2,(H,31,34). The lowest BCUT2D eigenvalue weighted by atomic mass is 10.1. The first kappa shape index (κ1) is 24.1. The zero-order chi connectivity index (χ0) is 24.9. The summed E-state index contributed by atoms with van der Waals surface area (Å²) in [7, 11) is 0. The van der Waals surface area contributed by atoms with Gasteiger partial charge in [0.2, 0.25) is 0 Å². The molecule has 1 fully saturated rings. The van der Waals surface area contributed by atoms with Gasteiger partial charge in [0.25, 0.3) is 11.5 Å². The SMILES string of the molecule is C=Cc1ccc(CSc2nc3ccccc3c(=O)n2Cc2ccc(C(=O)NC3CCCC3)cc2)cc1. The lowest BCUT2D eigenvalue weighted by molar-refractivity contribution is 0.0938. The first-order valence-electron chi connectivity index (χ1n) is 12.3. The first-order valence-corrected chi connectivity index (χ1v) is 13.3. The molecule has 1 saturated carbocycles. The fraction of sp³-hybridized carbons (Fsp3) is 0.233. The van der Waals surface area contributed by atoms with Crippen molar-refractivity contribution in [2.75, 3.05) is 0 Å². The molecule has 4 aromatic rings. The molecule has 1 heterocycles. The van der Waals surface area contributed by atoms with E-state index < -0.39 is 0 Å². The van der Waals surface area contributed by atoms with Crippen LogP contribution in [0.5, 0.6) is 0 Å². The molecule has 1 amide bonds. The summed E-state index contributed by atoms with van der Waals surface area (Å²) in [6, 6.07) is 23.5. The van der Waals surface area contributed by atoms with Crippen LogP contribution in [0.1, 0.15) is 52.7 Å². The smallest absolute Gasteiger partial charge is 0.262 e. The second-order valence-corrected chi connectivity index (χ2v) is 10.1. The van der Waals surface area contributed by atoms with Gasteiger partial charge < -0.3 is 5.32 Å². The number of thioether (sulfide) groups is 1. The Labute approximate surface area is 215 Å². The maximum absolute atomic E-state index is 13.5. The monoisotopic (exact) mass is 495 g/mol. The number of hydrogen-bond donors (Lipinski definition) is 1. The van der Waals surface area contributed by atoms with E-state index in [-0.39, 0.29) is 17.5 Å². The highest BCUT2D eigenvalue weighted by Crippen LogP contribution is 2.24. The van der Waals surface area contributed by atoms with Crippen LogP contribution >= 0.6 is 11.8 Å². The Morgan fingerprint density at radius 1 is 1.00 bits per heavy atom. The fourth-order valence-corrected chi connectivity index (χ4v) is 5.53. The number of nitrogens with zero attached hydrogens (tertiary/aromatic N) is 2. The molecular formula is C30H29N3O2S.